The van der Waals surface area contributed by atoms with Crippen LogP contribution in [0.25, 0.3) is 17.3 Å². The Labute approximate surface area is 156 Å². The maximum Gasteiger partial charge on any atom is 0.244 e. The molecule has 3 N–H and O–H groups in total. The second-order valence-corrected chi connectivity index (χ2v) is 6.51. The van der Waals surface area contributed by atoms with E-state index in [1.54, 1.807) is 6.26 Å². The summed E-state index contributed by atoms with van der Waals surface area (Å²) in [6.45, 7) is 3.98. The molecule has 0 amide bonds. The van der Waals surface area contributed by atoms with Crippen LogP contribution in [0.3, 0.4) is 0 Å². The number of nitrogens with zero attached hydrogens (tertiary/aromatic N) is 2. The van der Waals surface area contributed by atoms with Gasteiger partial charge in [-0.05, 0) is 32.1 Å². The van der Waals surface area contributed by atoms with Crippen LogP contribution in [0.5, 0.6) is 5.88 Å². The summed E-state index contributed by atoms with van der Waals surface area (Å²) in [5.74, 6) is 0.791. The van der Waals surface area contributed by atoms with E-state index in [1.165, 1.54) is 0 Å². The number of furan rings is 1. The van der Waals surface area contributed by atoms with Crippen LogP contribution in [0, 0.1) is 18.3 Å². The number of benzene rings is 1. The lowest BCUT2D eigenvalue weighted by atomic mass is 9.83. The van der Waals surface area contributed by atoms with E-state index < -0.39 is 0 Å². The molecule has 1 aromatic carbocycles. The van der Waals surface area contributed by atoms with Gasteiger partial charge in [0.25, 0.3) is 0 Å². The smallest absolute Gasteiger partial charge is 0.244 e. The minimum Gasteiger partial charge on any atom is -0.465 e. The van der Waals surface area contributed by atoms with Crippen molar-refractivity contribution in [3.8, 4) is 23.2 Å². The lowest BCUT2D eigenvalue weighted by Gasteiger charge is -2.24. The monoisotopic (exact) mass is 358 g/mol. The maximum atomic E-state index is 9.72. The zero-order chi connectivity index (χ0) is 19.0. The van der Waals surface area contributed by atoms with Crippen LogP contribution in [0.2, 0.25) is 0 Å². The third kappa shape index (κ3) is 2.89. The van der Waals surface area contributed by atoms with Crippen LogP contribution in [-0.4, -0.2) is 10.2 Å². The van der Waals surface area contributed by atoms with Crippen LogP contribution in [0.15, 0.2) is 64.1 Å². The summed E-state index contributed by atoms with van der Waals surface area (Å²) < 4.78 is 11.0. The molecule has 0 saturated heterocycles. The van der Waals surface area contributed by atoms with Gasteiger partial charge in [-0.2, -0.15) is 5.26 Å². The number of hydrogen-bond donors (Lipinski definition) is 2. The van der Waals surface area contributed by atoms with Gasteiger partial charge >= 0.3 is 0 Å². The van der Waals surface area contributed by atoms with Crippen LogP contribution >= 0.6 is 0 Å². The highest BCUT2D eigenvalue weighted by atomic mass is 16.5. The zero-order valence-electron chi connectivity index (χ0n) is 15.0. The normalized spacial score (nSPS) is 16.6. The highest BCUT2D eigenvalue weighted by Gasteiger charge is 2.35. The second kappa shape index (κ2) is 6.54. The van der Waals surface area contributed by atoms with Crippen molar-refractivity contribution >= 4 is 6.08 Å². The van der Waals surface area contributed by atoms with Crippen molar-refractivity contribution in [1.29, 1.82) is 5.26 Å². The van der Waals surface area contributed by atoms with E-state index >= 15 is 0 Å². The molecule has 1 aliphatic heterocycles. The van der Waals surface area contributed by atoms with Crippen molar-refractivity contribution in [1.82, 2.24) is 10.2 Å². The molecule has 2 aromatic heterocycles. The second-order valence-electron chi connectivity index (χ2n) is 6.51. The third-order valence-corrected chi connectivity index (χ3v) is 4.65. The van der Waals surface area contributed by atoms with Crippen molar-refractivity contribution in [2.24, 2.45) is 5.73 Å². The summed E-state index contributed by atoms with van der Waals surface area (Å²) in [6.07, 6.45) is 3.51. The number of nitriles is 1. The number of aryl methyl sites for hydroxylation is 1. The first-order valence-corrected chi connectivity index (χ1v) is 8.53. The van der Waals surface area contributed by atoms with E-state index in [9.17, 15) is 5.26 Å². The van der Waals surface area contributed by atoms with Crippen molar-refractivity contribution in [3.63, 3.8) is 0 Å². The zero-order valence-corrected chi connectivity index (χ0v) is 15.0. The first-order chi connectivity index (χ1) is 13.1. The Kier molecular flexibility index (Phi) is 4.05. The number of allylic oxidation sites excluding steroid dienone is 2. The quantitative estimate of drug-likeness (QED) is 0.729. The molecule has 27 heavy (non-hydrogen) atoms. The van der Waals surface area contributed by atoms with Gasteiger partial charge in [0.15, 0.2) is 0 Å². The molecule has 0 bridgehead atoms. The molecule has 1 atom stereocenters. The van der Waals surface area contributed by atoms with Gasteiger partial charge in [0.05, 0.1) is 23.4 Å². The SMILES string of the molecule is C/C(=C/c1ccco1)[C@@H]1C(C#N)=C(N)Oc2n[nH]c(-c3ccc(C)cc3)c21. The maximum absolute atomic E-state index is 9.72. The molecule has 1 aliphatic rings. The average molecular weight is 358 g/mol. The number of fused-ring (bicyclic) bond motifs is 1. The number of aromatic amines is 1. The van der Waals surface area contributed by atoms with E-state index in [2.05, 4.69) is 16.3 Å². The van der Waals surface area contributed by atoms with Gasteiger partial charge < -0.3 is 14.9 Å². The Hall–Kier alpha value is -3.72. The molecular formula is C21H18N4O2. The summed E-state index contributed by atoms with van der Waals surface area (Å²) in [5, 5.41) is 17.0. The van der Waals surface area contributed by atoms with Crippen molar-refractivity contribution < 1.29 is 9.15 Å². The molecule has 0 unspecified atom stereocenters. The van der Waals surface area contributed by atoms with E-state index in [1.807, 2.05) is 56.3 Å². The molecule has 6 heteroatoms. The van der Waals surface area contributed by atoms with Gasteiger partial charge in [-0.25, -0.2) is 0 Å². The highest BCUT2D eigenvalue weighted by molar-refractivity contribution is 5.72. The third-order valence-electron chi connectivity index (χ3n) is 4.65. The lowest BCUT2D eigenvalue weighted by molar-refractivity contribution is 0.378. The number of nitrogens with one attached hydrogen (secondary N) is 1. The predicted molar refractivity (Wildman–Crippen MR) is 101 cm³/mol. The highest BCUT2D eigenvalue weighted by Crippen LogP contribution is 2.46. The Morgan fingerprint density at radius 3 is 2.74 bits per heavy atom. The molecule has 6 nitrogen and oxygen atoms in total. The number of rotatable bonds is 3. The summed E-state index contributed by atoms with van der Waals surface area (Å²) in [7, 11) is 0. The van der Waals surface area contributed by atoms with Gasteiger partial charge in [-0.3, -0.25) is 5.10 Å². The molecule has 4 rings (SSSR count). The average Bonchev–Trinajstić information content (AvgIpc) is 3.31. The molecule has 0 spiro atoms. The van der Waals surface area contributed by atoms with E-state index in [4.69, 9.17) is 14.9 Å². The number of nitrogens with two attached hydrogens (primary N) is 1. The van der Waals surface area contributed by atoms with E-state index in [0.717, 1.165) is 28.0 Å². The predicted octanol–water partition coefficient (Wildman–Crippen LogP) is 4.25. The minimum absolute atomic E-state index is 0.0733. The molecule has 3 aromatic rings. The molecule has 0 aliphatic carbocycles. The fraction of sp³-hybridized carbons (Fsp3) is 0.143. The summed E-state index contributed by atoms with van der Waals surface area (Å²) >= 11 is 0. The summed E-state index contributed by atoms with van der Waals surface area (Å²) in [4.78, 5) is 0. The summed E-state index contributed by atoms with van der Waals surface area (Å²) in [5.41, 5.74) is 11.0. The van der Waals surface area contributed by atoms with E-state index in [0.29, 0.717) is 17.2 Å². The summed E-state index contributed by atoms with van der Waals surface area (Å²) in [6, 6.07) is 14.0. The molecule has 0 radical (unpaired) electrons. The van der Waals surface area contributed by atoms with Gasteiger partial charge in [-0.15, -0.1) is 5.10 Å². The van der Waals surface area contributed by atoms with Crippen molar-refractivity contribution in [2.75, 3.05) is 0 Å². The van der Waals surface area contributed by atoms with Gasteiger partial charge in [-0.1, -0.05) is 35.4 Å². The fourth-order valence-corrected chi connectivity index (χ4v) is 3.32. The topological polar surface area (TPSA) is 101 Å². The van der Waals surface area contributed by atoms with Crippen molar-refractivity contribution in [3.05, 3.63) is 76.6 Å². The molecular weight excluding hydrogens is 340 g/mol. The van der Waals surface area contributed by atoms with Crippen LogP contribution < -0.4 is 10.5 Å². The molecule has 134 valence electrons. The lowest BCUT2D eigenvalue weighted by Crippen LogP contribution is -2.20. The van der Waals surface area contributed by atoms with Crippen LogP contribution in [-0.2, 0) is 0 Å². The van der Waals surface area contributed by atoms with Gasteiger partial charge in [0.1, 0.15) is 17.4 Å². The van der Waals surface area contributed by atoms with Crippen molar-refractivity contribution in [2.45, 2.75) is 19.8 Å². The van der Waals surface area contributed by atoms with Gasteiger partial charge in [0, 0.05) is 5.56 Å². The fourth-order valence-electron chi connectivity index (χ4n) is 3.32. The number of H-pyrrole nitrogens is 1. The molecule has 0 saturated carbocycles. The Balaban J connectivity index is 1.89. The number of hydrogen-bond acceptors (Lipinski definition) is 5. The van der Waals surface area contributed by atoms with Crippen LogP contribution in [0.4, 0.5) is 0 Å². The standard InChI is InChI=1S/C21H18N4O2/c1-12-5-7-14(8-6-12)19-18-17(13(2)10-15-4-3-9-26-15)16(11-22)20(23)27-21(18)25-24-19/h3-10,17H,23H2,1-2H3,(H,24,25)/b13-10-/t17-/m1/s1. The van der Waals surface area contributed by atoms with Gasteiger partial charge in [0.2, 0.25) is 11.8 Å². The van der Waals surface area contributed by atoms with Crippen LogP contribution in [0.1, 0.15) is 29.7 Å². The Bertz CT molecular complexity index is 1080. The largest absolute Gasteiger partial charge is 0.465 e. The minimum atomic E-state index is -0.376. The Morgan fingerprint density at radius 1 is 1.30 bits per heavy atom. The first-order valence-electron chi connectivity index (χ1n) is 8.53. The first kappa shape index (κ1) is 16.7. The number of ether oxygens (including phenoxy) is 1. The molecule has 3 heterocycles. The molecule has 0 fully saturated rings. The Morgan fingerprint density at radius 2 is 2.07 bits per heavy atom. The number of aromatic nitrogens is 2. The van der Waals surface area contributed by atoms with E-state index in [-0.39, 0.29) is 11.8 Å².